The summed E-state index contributed by atoms with van der Waals surface area (Å²) < 4.78 is 5.29. The predicted octanol–water partition coefficient (Wildman–Crippen LogP) is 1.70. The highest BCUT2D eigenvalue weighted by molar-refractivity contribution is 5.69. The molecule has 0 bridgehead atoms. The van der Waals surface area contributed by atoms with E-state index in [0.717, 1.165) is 5.56 Å². The van der Waals surface area contributed by atoms with E-state index in [-0.39, 0.29) is 12.3 Å². The van der Waals surface area contributed by atoms with Crippen LogP contribution in [0.2, 0.25) is 0 Å². The van der Waals surface area contributed by atoms with E-state index in [0.29, 0.717) is 25.4 Å². The molecule has 1 aromatic carbocycles. The van der Waals surface area contributed by atoms with Gasteiger partial charge >= 0.3 is 5.97 Å². The fraction of sp³-hybridized carbons (Fsp3) is 0.462. The molecule has 0 saturated carbocycles. The molecule has 100 valence electrons. The van der Waals surface area contributed by atoms with Gasteiger partial charge in [0, 0.05) is 6.54 Å². The quantitative estimate of drug-likeness (QED) is 0.774. The molecule has 0 aliphatic heterocycles. The van der Waals surface area contributed by atoms with Gasteiger partial charge in [-0.1, -0.05) is 13.0 Å². The number of hydrogen-bond acceptors (Lipinski definition) is 4. The van der Waals surface area contributed by atoms with Gasteiger partial charge in [0.2, 0.25) is 0 Å². The lowest BCUT2D eigenvalue weighted by Crippen LogP contribution is -2.29. The molecule has 0 heterocycles. The van der Waals surface area contributed by atoms with Crippen molar-refractivity contribution in [3.63, 3.8) is 0 Å². The standard InChI is InChI=1S/C13H19NO4/c1-3-14(9-13(16)17)8-10-5-6-11(15)12(7-10)18-4-2/h5-7,15H,3-4,8-9H2,1-2H3,(H,16,17). The summed E-state index contributed by atoms with van der Waals surface area (Å²) in [5, 5.41) is 18.3. The lowest BCUT2D eigenvalue weighted by molar-refractivity contribution is -0.138. The zero-order chi connectivity index (χ0) is 13.5. The molecular formula is C13H19NO4. The van der Waals surface area contributed by atoms with E-state index in [1.54, 1.807) is 23.1 Å². The van der Waals surface area contributed by atoms with Gasteiger partial charge in [0.15, 0.2) is 11.5 Å². The second-order valence-corrected chi connectivity index (χ2v) is 3.93. The van der Waals surface area contributed by atoms with Crippen LogP contribution in [0.3, 0.4) is 0 Å². The van der Waals surface area contributed by atoms with Gasteiger partial charge in [0.25, 0.3) is 0 Å². The number of phenols is 1. The minimum absolute atomic E-state index is 0.00133. The molecule has 2 N–H and O–H groups in total. The first-order valence-corrected chi connectivity index (χ1v) is 5.95. The number of carboxylic acid groups (broad SMARTS) is 1. The Kier molecular flexibility index (Phi) is 5.45. The minimum Gasteiger partial charge on any atom is -0.504 e. The van der Waals surface area contributed by atoms with Crippen molar-refractivity contribution in [2.75, 3.05) is 19.7 Å². The van der Waals surface area contributed by atoms with Gasteiger partial charge in [-0.05, 0) is 31.2 Å². The number of carbonyl (C=O) groups is 1. The van der Waals surface area contributed by atoms with Crippen LogP contribution in [0.4, 0.5) is 0 Å². The summed E-state index contributed by atoms with van der Waals surface area (Å²) in [5.41, 5.74) is 0.916. The normalized spacial score (nSPS) is 10.6. The monoisotopic (exact) mass is 253 g/mol. The average Bonchev–Trinajstić information content (AvgIpc) is 2.32. The molecule has 0 unspecified atom stereocenters. The summed E-state index contributed by atoms with van der Waals surface area (Å²) in [6, 6.07) is 5.07. The van der Waals surface area contributed by atoms with Crippen LogP contribution in [-0.2, 0) is 11.3 Å². The van der Waals surface area contributed by atoms with Crippen molar-refractivity contribution in [1.29, 1.82) is 0 Å². The molecule has 1 aromatic rings. The molecular weight excluding hydrogens is 234 g/mol. The van der Waals surface area contributed by atoms with Gasteiger partial charge in [-0.15, -0.1) is 0 Å². The zero-order valence-corrected chi connectivity index (χ0v) is 10.7. The van der Waals surface area contributed by atoms with Crippen molar-refractivity contribution in [2.24, 2.45) is 0 Å². The highest BCUT2D eigenvalue weighted by Crippen LogP contribution is 2.27. The van der Waals surface area contributed by atoms with Gasteiger partial charge in [-0.2, -0.15) is 0 Å². The molecule has 0 fully saturated rings. The second-order valence-electron chi connectivity index (χ2n) is 3.93. The highest BCUT2D eigenvalue weighted by Gasteiger charge is 2.10. The number of benzene rings is 1. The lowest BCUT2D eigenvalue weighted by Gasteiger charge is -2.18. The molecule has 1 rings (SSSR count). The van der Waals surface area contributed by atoms with Crippen LogP contribution in [0.1, 0.15) is 19.4 Å². The van der Waals surface area contributed by atoms with Gasteiger partial charge in [-0.3, -0.25) is 9.69 Å². The molecule has 0 saturated heterocycles. The number of nitrogens with zero attached hydrogens (tertiary/aromatic N) is 1. The van der Waals surface area contributed by atoms with Gasteiger partial charge in [0.05, 0.1) is 13.2 Å². The van der Waals surface area contributed by atoms with Gasteiger partial charge in [-0.25, -0.2) is 0 Å². The van der Waals surface area contributed by atoms with E-state index in [9.17, 15) is 9.90 Å². The first-order chi connectivity index (χ1) is 8.56. The van der Waals surface area contributed by atoms with Crippen LogP contribution in [0.25, 0.3) is 0 Å². The Labute approximate surface area is 107 Å². The fourth-order valence-corrected chi connectivity index (χ4v) is 1.66. The van der Waals surface area contributed by atoms with E-state index in [1.807, 2.05) is 13.8 Å². The summed E-state index contributed by atoms with van der Waals surface area (Å²) in [6.45, 7) is 5.40. The molecule has 0 radical (unpaired) electrons. The van der Waals surface area contributed by atoms with Crippen LogP contribution >= 0.6 is 0 Å². The number of ether oxygens (including phenoxy) is 1. The van der Waals surface area contributed by atoms with E-state index in [4.69, 9.17) is 9.84 Å². The molecule has 0 aliphatic rings. The van der Waals surface area contributed by atoms with Crippen molar-refractivity contribution in [3.05, 3.63) is 23.8 Å². The summed E-state index contributed by atoms with van der Waals surface area (Å²) in [4.78, 5) is 12.5. The predicted molar refractivity (Wildman–Crippen MR) is 67.9 cm³/mol. The van der Waals surface area contributed by atoms with E-state index < -0.39 is 5.97 Å². The third kappa shape index (κ3) is 4.25. The Morgan fingerprint density at radius 1 is 1.39 bits per heavy atom. The number of likely N-dealkylation sites (N-methyl/N-ethyl adjacent to an activating group) is 1. The van der Waals surface area contributed by atoms with Gasteiger partial charge in [0.1, 0.15) is 0 Å². The second kappa shape index (κ2) is 6.86. The summed E-state index contributed by atoms with van der Waals surface area (Å²) >= 11 is 0. The molecule has 0 atom stereocenters. The Hall–Kier alpha value is -1.75. The van der Waals surface area contributed by atoms with Gasteiger partial charge < -0.3 is 14.9 Å². The van der Waals surface area contributed by atoms with Crippen LogP contribution in [-0.4, -0.2) is 40.8 Å². The highest BCUT2D eigenvalue weighted by atomic mass is 16.5. The fourth-order valence-electron chi connectivity index (χ4n) is 1.66. The van der Waals surface area contributed by atoms with Crippen LogP contribution in [0.15, 0.2) is 18.2 Å². The Morgan fingerprint density at radius 3 is 2.67 bits per heavy atom. The minimum atomic E-state index is -0.847. The topological polar surface area (TPSA) is 70.0 Å². The molecule has 5 heteroatoms. The molecule has 0 aliphatic carbocycles. The Balaban J connectivity index is 2.76. The number of carboxylic acids is 1. The van der Waals surface area contributed by atoms with Crippen molar-refractivity contribution in [2.45, 2.75) is 20.4 Å². The van der Waals surface area contributed by atoms with Crippen LogP contribution in [0.5, 0.6) is 11.5 Å². The number of hydrogen-bond donors (Lipinski definition) is 2. The average molecular weight is 253 g/mol. The summed E-state index contributed by atoms with van der Waals surface area (Å²) in [5.74, 6) is -0.316. The number of phenolic OH excluding ortho intramolecular Hbond substituents is 1. The summed E-state index contributed by atoms with van der Waals surface area (Å²) in [7, 11) is 0. The maximum Gasteiger partial charge on any atom is 0.317 e. The smallest absolute Gasteiger partial charge is 0.317 e. The van der Waals surface area contributed by atoms with E-state index in [2.05, 4.69) is 0 Å². The molecule has 5 nitrogen and oxygen atoms in total. The number of aromatic hydroxyl groups is 1. The first-order valence-electron chi connectivity index (χ1n) is 5.95. The van der Waals surface area contributed by atoms with E-state index >= 15 is 0 Å². The van der Waals surface area contributed by atoms with Crippen molar-refractivity contribution in [1.82, 2.24) is 4.90 Å². The summed E-state index contributed by atoms with van der Waals surface area (Å²) in [6.07, 6.45) is 0. The van der Waals surface area contributed by atoms with Crippen LogP contribution < -0.4 is 4.74 Å². The van der Waals surface area contributed by atoms with Crippen molar-refractivity contribution < 1.29 is 19.7 Å². The third-order valence-corrected chi connectivity index (χ3v) is 2.54. The molecule has 0 aromatic heterocycles. The van der Waals surface area contributed by atoms with Crippen molar-refractivity contribution in [3.8, 4) is 11.5 Å². The third-order valence-electron chi connectivity index (χ3n) is 2.54. The number of rotatable bonds is 7. The maximum atomic E-state index is 10.7. The largest absolute Gasteiger partial charge is 0.504 e. The Morgan fingerprint density at radius 2 is 2.11 bits per heavy atom. The van der Waals surface area contributed by atoms with Crippen molar-refractivity contribution >= 4 is 5.97 Å². The Bertz CT molecular complexity index is 406. The van der Waals surface area contributed by atoms with Crippen LogP contribution in [0, 0.1) is 0 Å². The van der Waals surface area contributed by atoms with E-state index in [1.165, 1.54) is 0 Å². The molecule has 18 heavy (non-hydrogen) atoms. The lowest BCUT2D eigenvalue weighted by atomic mass is 10.2. The maximum absolute atomic E-state index is 10.7. The zero-order valence-electron chi connectivity index (χ0n) is 10.7. The SMILES string of the molecule is CCOc1cc(CN(CC)CC(=O)O)ccc1O. The molecule has 0 spiro atoms. The number of aliphatic carboxylic acids is 1. The molecule has 0 amide bonds. The first kappa shape index (κ1) is 14.3.